The van der Waals surface area contributed by atoms with Gasteiger partial charge in [0.2, 0.25) is 11.8 Å². The van der Waals surface area contributed by atoms with Crippen LogP contribution >= 0.6 is 11.3 Å². The first-order chi connectivity index (χ1) is 9.87. The van der Waals surface area contributed by atoms with Crippen LogP contribution in [0.25, 0.3) is 0 Å². The molecule has 0 bridgehead atoms. The van der Waals surface area contributed by atoms with Crippen molar-refractivity contribution in [2.75, 3.05) is 26.7 Å². The van der Waals surface area contributed by atoms with Gasteiger partial charge >= 0.3 is 0 Å². The number of amides is 2. The Kier molecular flexibility index (Phi) is 6.79. The van der Waals surface area contributed by atoms with Crippen molar-refractivity contribution in [1.82, 2.24) is 14.9 Å². The van der Waals surface area contributed by atoms with Crippen LogP contribution in [0.15, 0.2) is 21.7 Å². The lowest BCUT2D eigenvalue weighted by Crippen LogP contribution is -2.42. The number of rotatable bonds is 8. The summed E-state index contributed by atoms with van der Waals surface area (Å²) in [6, 6.07) is 3.11. The molecule has 1 aromatic heterocycles. The summed E-state index contributed by atoms with van der Waals surface area (Å²) in [7, 11) is -2.33. The van der Waals surface area contributed by atoms with Gasteiger partial charge in [0.15, 0.2) is 0 Å². The van der Waals surface area contributed by atoms with Crippen molar-refractivity contribution in [3.8, 4) is 0 Å². The van der Waals surface area contributed by atoms with Gasteiger partial charge in [-0.15, -0.1) is 11.3 Å². The number of hydrogen-bond donors (Lipinski definition) is 2. The van der Waals surface area contributed by atoms with E-state index >= 15 is 0 Å². The van der Waals surface area contributed by atoms with Crippen LogP contribution in [0.3, 0.4) is 0 Å². The predicted octanol–water partition coefficient (Wildman–Crippen LogP) is 0.0110. The highest BCUT2D eigenvalue weighted by Gasteiger charge is 2.23. The van der Waals surface area contributed by atoms with Crippen molar-refractivity contribution in [2.45, 2.75) is 17.6 Å². The van der Waals surface area contributed by atoms with Gasteiger partial charge in [0, 0.05) is 13.6 Å². The molecule has 7 nitrogen and oxygen atoms in total. The van der Waals surface area contributed by atoms with E-state index in [0.29, 0.717) is 6.54 Å². The van der Waals surface area contributed by atoms with Gasteiger partial charge < -0.3 is 10.6 Å². The zero-order chi connectivity index (χ0) is 15.9. The Morgan fingerprint density at radius 3 is 2.57 bits per heavy atom. The molecule has 21 heavy (non-hydrogen) atoms. The van der Waals surface area contributed by atoms with Gasteiger partial charge in [-0.2, -0.15) is 4.31 Å². The summed E-state index contributed by atoms with van der Waals surface area (Å²) in [5.41, 5.74) is 0. The SMILES string of the molecule is CCCNC(=O)CNC(=O)CN(C)S(=O)(=O)c1cccs1. The Morgan fingerprint density at radius 1 is 1.29 bits per heavy atom. The third-order valence-electron chi connectivity index (χ3n) is 2.54. The van der Waals surface area contributed by atoms with Gasteiger partial charge in [-0.1, -0.05) is 13.0 Å². The van der Waals surface area contributed by atoms with Crippen LogP contribution in [0.2, 0.25) is 0 Å². The van der Waals surface area contributed by atoms with E-state index < -0.39 is 15.9 Å². The molecule has 0 aliphatic carbocycles. The number of sulfonamides is 1. The van der Waals surface area contributed by atoms with Crippen LogP contribution < -0.4 is 10.6 Å². The van der Waals surface area contributed by atoms with E-state index in [1.807, 2.05) is 6.92 Å². The summed E-state index contributed by atoms with van der Waals surface area (Å²) in [5, 5.41) is 6.65. The van der Waals surface area contributed by atoms with E-state index in [1.54, 1.807) is 11.4 Å². The summed E-state index contributed by atoms with van der Waals surface area (Å²) in [4.78, 5) is 23.0. The van der Waals surface area contributed by atoms with Gasteiger partial charge in [-0.3, -0.25) is 9.59 Å². The normalized spacial score (nSPS) is 11.4. The molecule has 0 saturated heterocycles. The molecular formula is C12H19N3O4S2. The van der Waals surface area contributed by atoms with Crippen molar-refractivity contribution < 1.29 is 18.0 Å². The van der Waals surface area contributed by atoms with Crippen LogP contribution in [0, 0.1) is 0 Å². The highest BCUT2D eigenvalue weighted by molar-refractivity contribution is 7.91. The molecule has 118 valence electrons. The van der Waals surface area contributed by atoms with E-state index in [1.165, 1.54) is 13.1 Å². The highest BCUT2D eigenvalue weighted by atomic mass is 32.2. The molecule has 1 aromatic rings. The molecule has 0 aromatic carbocycles. The molecule has 0 radical (unpaired) electrons. The van der Waals surface area contributed by atoms with Crippen molar-refractivity contribution >= 4 is 33.2 Å². The Labute approximate surface area is 128 Å². The second-order valence-corrected chi connectivity index (χ2v) is 7.54. The third kappa shape index (κ3) is 5.44. The maximum absolute atomic E-state index is 12.1. The molecule has 2 amide bonds. The molecule has 0 aliphatic rings. The van der Waals surface area contributed by atoms with Gasteiger partial charge in [0.1, 0.15) is 4.21 Å². The highest BCUT2D eigenvalue weighted by Crippen LogP contribution is 2.19. The fourth-order valence-electron chi connectivity index (χ4n) is 1.41. The minimum Gasteiger partial charge on any atom is -0.355 e. The number of nitrogens with zero attached hydrogens (tertiary/aromatic N) is 1. The third-order valence-corrected chi connectivity index (χ3v) is 5.72. The number of nitrogens with one attached hydrogen (secondary N) is 2. The van der Waals surface area contributed by atoms with Crippen LogP contribution in [-0.2, 0) is 19.6 Å². The molecule has 0 saturated carbocycles. The Morgan fingerprint density at radius 2 is 2.00 bits per heavy atom. The van der Waals surface area contributed by atoms with Crippen molar-refractivity contribution in [2.24, 2.45) is 0 Å². The van der Waals surface area contributed by atoms with Gasteiger partial charge in [-0.05, 0) is 17.9 Å². The zero-order valence-electron chi connectivity index (χ0n) is 12.0. The van der Waals surface area contributed by atoms with E-state index in [9.17, 15) is 18.0 Å². The summed E-state index contributed by atoms with van der Waals surface area (Å²) < 4.78 is 25.3. The summed E-state index contributed by atoms with van der Waals surface area (Å²) in [6.07, 6.45) is 0.807. The molecule has 9 heteroatoms. The Hall–Kier alpha value is -1.45. The van der Waals surface area contributed by atoms with E-state index in [-0.39, 0.29) is 23.2 Å². The molecule has 0 spiro atoms. The topological polar surface area (TPSA) is 95.6 Å². The monoisotopic (exact) mass is 333 g/mol. The standard InChI is InChI=1S/C12H19N3O4S2/c1-3-6-13-10(16)8-14-11(17)9-15(2)21(18,19)12-5-4-7-20-12/h4-5,7H,3,6,8-9H2,1-2H3,(H,13,16)(H,14,17). The predicted molar refractivity (Wildman–Crippen MR) is 80.4 cm³/mol. The average molecular weight is 333 g/mol. The lowest BCUT2D eigenvalue weighted by Gasteiger charge is -2.15. The van der Waals surface area contributed by atoms with E-state index in [4.69, 9.17) is 0 Å². The first kappa shape index (κ1) is 17.6. The molecule has 0 unspecified atom stereocenters. The van der Waals surface area contributed by atoms with Crippen molar-refractivity contribution in [3.63, 3.8) is 0 Å². The smallest absolute Gasteiger partial charge is 0.252 e. The first-order valence-electron chi connectivity index (χ1n) is 6.41. The summed E-state index contributed by atoms with van der Waals surface area (Å²) >= 11 is 1.09. The molecule has 0 fully saturated rings. The Bertz CT molecular complexity index is 569. The molecule has 0 atom stereocenters. The molecule has 1 heterocycles. The quantitative estimate of drug-likeness (QED) is 0.700. The minimum atomic E-state index is -3.65. The van der Waals surface area contributed by atoms with Gasteiger partial charge in [0.25, 0.3) is 10.0 Å². The number of hydrogen-bond acceptors (Lipinski definition) is 5. The second-order valence-electron chi connectivity index (χ2n) is 4.32. The van der Waals surface area contributed by atoms with Crippen molar-refractivity contribution in [1.29, 1.82) is 0 Å². The number of carbonyl (C=O) groups is 2. The summed E-state index contributed by atoms with van der Waals surface area (Å²) in [5.74, 6) is -0.821. The minimum absolute atomic E-state index is 0.161. The maximum Gasteiger partial charge on any atom is 0.252 e. The number of carbonyl (C=O) groups excluding carboxylic acids is 2. The van der Waals surface area contributed by atoms with Crippen LogP contribution in [0.5, 0.6) is 0 Å². The van der Waals surface area contributed by atoms with Crippen LogP contribution in [0.4, 0.5) is 0 Å². The van der Waals surface area contributed by atoms with Gasteiger partial charge in [-0.25, -0.2) is 8.42 Å². The average Bonchev–Trinajstić information content (AvgIpc) is 2.97. The molecule has 0 aliphatic heterocycles. The second kappa shape index (κ2) is 8.11. The van der Waals surface area contributed by atoms with E-state index in [2.05, 4.69) is 10.6 Å². The zero-order valence-corrected chi connectivity index (χ0v) is 13.6. The fourth-order valence-corrected chi connectivity index (χ4v) is 3.74. The van der Waals surface area contributed by atoms with Crippen molar-refractivity contribution in [3.05, 3.63) is 17.5 Å². The van der Waals surface area contributed by atoms with Crippen LogP contribution in [0.1, 0.15) is 13.3 Å². The first-order valence-corrected chi connectivity index (χ1v) is 8.73. The van der Waals surface area contributed by atoms with E-state index in [0.717, 1.165) is 22.1 Å². The number of thiophene rings is 1. The molecular weight excluding hydrogens is 314 g/mol. The van der Waals surface area contributed by atoms with Crippen LogP contribution in [-0.4, -0.2) is 51.2 Å². The lowest BCUT2D eigenvalue weighted by molar-refractivity contribution is -0.126. The molecule has 1 rings (SSSR count). The molecule has 2 N–H and O–H groups in total. The number of likely N-dealkylation sites (N-methyl/N-ethyl adjacent to an activating group) is 1. The summed E-state index contributed by atoms with van der Waals surface area (Å²) in [6.45, 7) is 1.97. The largest absolute Gasteiger partial charge is 0.355 e. The Balaban J connectivity index is 2.46. The lowest BCUT2D eigenvalue weighted by atomic mass is 10.4. The fraction of sp³-hybridized carbons (Fsp3) is 0.500. The van der Waals surface area contributed by atoms with Gasteiger partial charge in [0.05, 0.1) is 13.1 Å². The maximum atomic E-state index is 12.1.